The summed E-state index contributed by atoms with van der Waals surface area (Å²) in [7, 11) is 0. The molecule has 0 saturated carbocycles. The Labute approximate surface area is 151 Å². The van der Waals surface area contributed by atoms with Crippen molar-refractivity contribution in [3.8, 4) is 0 Å². The molecule has 1 nitrogen and oxygen atoms in total. The first-order valence-electron chi connectivity index (χ1n) is 7.00. The topological polar surface area (TPSA) is 4.93 Å². The number of nitrogens with zero attached hydrogens (tertiary/aromatic N) is 1. The molecular weight excluding hydrogens is 484 g/mol. The fourth-order valence-electron chi connectivity index (χ4n) is 3.01. The molecular formula is C18H13I2N. The number of benzene rings is 2. The minimum Gasteiger partial charge on any atom is -0.310 e. The quantitative estimate of drug-likeness (QED) is 0.354. The Bertz CT molecular complexity index is 857. The van der Waals surface area contributed by atoms with Crippen LogP contribution in [0.25, 0.3) is 27.5 Å². The van der Waals surface area contributed by atoms with Crippen LogP contribution in [0.3, 0.4) is 0 Å². The third kappa shape index (κ3) is 2.34. The van der Waals surface area contributed by atoms with E-state index < -0.39 is 0 Å². The van der Waals surface area contributed by atoms with E-state index >= 15 is 0 Å². The van der Waals surface area contributed by atoms with Crippen LogP contribution in [-0.2, 0) is 0 Å². The monoisotopic (exact) mass is 497 g/mol. The van der Waals surface area contributed by atoms with Gasteiger partial charge in [0.05, 0.1) is 11.0 Å². The lowest BCUT2D eigenvalue weighted by atomic mass is 10.1. The summed E-state index contributed by atoms with van der Waals surface area (Å²) in [5.74, 6) is 0. The van der Waals surface area contributed by atoms with Crippen molar-refractivity contribution in [3.05, 3.63) is 61.8 Å². The van der Waals surface area contributed by atoms with E-state index in [1.807, 2.05) is 0 Å². The molecule has 0 N–H and O–H groups in total. The van der Waals surface area contributed by atoms with Gasteiger partial charge in [0, 0.05) is 23.6 Å². The Balaban J connectivity index is 2.16. The van der Waals surface area contributed by atoms with Gasteiger partial charge in [-0.3, -0.25) is 0 Å². The molecule has 3 heteroatoms. The lowest BCUT2D eigenvalue weighted by molar-refractivity contribution is 1.02. The summed E-state index contributed by atoms with van der Waals surface area (Å²) in [5, 5.41) is 2.69. The highest BCUT2D eigenvalue weighted by molar-refractivity contribution is 14.1. The van der Waals surface area contributed by atoms with Gasteiger partial charge in [0.25, 0.3) is 0 Å². The van der Waals surface area contributed by atoms with Gasteiger partial charge in [-0.25, -0.2) is 0 Å². The number of fused-ring (bicyclic) bond motifs is 3. The molecule has 1 heterocycles. The number of allylic oxidation sites excluding steroid dienone is 4. The second-order valence-electron chi connectivity index (χ2n) is 5.27. The lowest BCUT2D eigenvalue weighted by Gasteiger charge is -2.12. The largest absolute Gasteiger partial charge is 0.310 e. The second-order valence-corrected chi connectivity index (χ2v) is 7.76. The summed E-state index contributed by atoms with van der Waals surface area (Å²) in [5.41, 5.74) is 3.89. The van der Waals surface area contributed by atoms with E-state index in [0.29, 0.717) is 0 Å². The van der Waals surface area contributed by atoms with Crippen molar-refractivity contribution in [3.63, 3.8) is 0 Å². The van der Waals surface area contributed by atoms with E-state index in [1.54, 1.807) is 0 Å². The Morgan fingerprint density at radius 1 is 0.810 bits per heavy atom. The van der Waals surface area contributed by atoms with Gasteiger partial charge in [-0.2, -0.15) is 0 Å². The average molecular weight is 497 g/mol. The number of rotatable bonds is 1. The molecule has 104 valence electrons. The highest BCUT2D eigenvalue weighted by atomic mass is 127. The van der Waals surface area contributed by atoms with Gasteiger partial charge in [0.15, 0.2) is 0 Å². The number of hydrogen-bond acceptors (Lipinski definition) is 0. The predicted molar refractivity (Wildman–Crippen MR) is 108 cm³/mol. The van der Waals surface area contributed by atoms with Gasteiger partial charge in [0.2, 0.25) is 0 Å². The SMILES string of the molecule is Ic1ccc2c(c1)c1cc(I)ccc1n2C1=CCCC=C1. The third-order valence-electron chi connectivity index (χ3n) is 3.92. The van der Waals surface area contributed by atoms with Crippen LogP contribution < -0.4 is 0 Å². The maximum absolute atomic E-state index is 2.40. The zero-order valence-corrected chi connectivity index (χ0v) is 15.6. The molecule has 0 fully saturated rings. The molecule has 0 unspecified atom stereocenters. The maximum atomic E-state index is 2.40. The normalized spacial score (nSPS) is 14.9. The van der Waals surface area contributed by atoms with Gasteiger partial charge in [-0.1, -0.05) is 12.2 Å². The van der Waals surface area contributed by atoms with Crippen molar-refractivity contribution in [2.24, 2.45) is 0 Å². The summed E-state index contributed by atoms with van der Waals surface area (Å²) in [4.78, 5) is 0. The minimum atomic E-state index is 1.13. The smallest absolute Gasteiger partial charge is 0.0541 e. The molecule has 4 rings (SSSR count). The molecule has 0 amide bonds. The van der Waals surface area contributed by atoms with Crippen LogP contribution in [0, 0.1) is 7.14 Å². The summed E-state index contributed by atoms with van der Waals surface area (Å²) >= 11 is 4.79. The minimum absolute atomic E-state index is 1.13. The number of aromatic nitrogens is 1. The first-order chi connectivity index (χ1) is 10.2. The van der Waals surface area contributed by atoms with Gasteiger partial charge >= 0.3 is 0 Å². The molecule has 3 aromatic rings. The van der Waals surface area contributed by atoms with E-state index in [9.17, 15) is 0 Å². The molecule has 0 aliphatic heterocycles. The van der Waals surface area contributed by atoms with Gasteiger partial charge < -0.3 is 4.57 Å². The van der Waals surface area contributed by atoms with E-state index in [1.165, 1.54) is 34.6 Å². The Kier molecular flexibility index (Phi) is 3.57. The standard InChI is InChI=1S/C18H13I2N/c19-12-6-8-17-15(10-12)16-11-13(20)7-9-18(16)21(17)14-4-2-1-3-5-14/h2,4-11H,1,3H2. The summed E-state index contributed by atoms with van der Waals surface area (Å²) in [6.07, 6.45) is 9.14. The maximum Gasteiger partial charge on any atom is 0.0541 e. The highest BCUT2D eigenvalue weighted by Gasteiger charge is 2.13. The van der Waals surface area contributed by atoms with Crippen molar-refractivity contribution in [1.29, 1.82) is 0 Å². The van der Waals surface area contributed by atoms with Crippen molar-refractivity contribution in [1.82, 2.24) is 4.57 Å². The fourth-order valence-corrected chi connectivity index (χ4v) is 3.99. The molecule has 0 atom stereocenters. The van der Waals surface area contributed by atoms with E-state index in [-0.39, 0.29) is 0 Å². The second kappa shape index (κ2) is 5.43. The Morgan fingerprint density at radius 3 is 1.95 bits per heavy atom. The molecule has 0 radical (unpaired) electrons. The molecule has 1 aliphatic rings. The predicted octanol–water partition coefficient (Wildman–Crippen LogP) is 6.19. The molecule has 1 aromatic heterocycles. The molecule has 0 saturated heterocycles. The Hall–Kier alpha value is -0.820. The molecule has 0 spiro atoms. The van der Waals surface area contributed by atoms with Gasteiger partial charge in [0.1, 0.15) is 0 Å². The highest BCUT2D eigenvalue weighted by Crippen LogP contribution is 2.34. The number of hydrogen-bond donors (Lipinski definition) is 0. The van der Waals surface area contributed by atoms with Gasteiger partial charge in [-0.15, -0.1) is 0 Å². The molecule has 1 aliphatic carbocycles. The lowest BCUT2D eigenvalue weighted by Crippen LogP contribution is -1.96. The Morgan fingerprint density at radius 2 is 1.43 bits per heavy atom. The molecule has 0 bridgehead atoms. The van der Waals surface area contributed by atoms with E-state index in [0.717, 1.165) is 12.8 Å². The van der Waals surface area contributed by atoms with Crippen LogP contribution in [0.2, 0.25) is 0 Å². The van der Waals surface area contributed by atoms with E-state index in [2.05, 4.69) is 104 Å². The summed E-state index contributed by atoms with van der Waals surface area (Å²) < 4.78 is 4.96. The van der Waals surface area contributed by atoms with Crippen LogP contribution in [-0.4, -0.2) is 4.57 Å². The van der Waals surface area contributed by atoms with Crippen molar-refractivity contribution in [2.45, 2.75) is 12.8 Å². The zero-order chi connectivity index (χ0) is 14.4. The number of halogens is 2. The average Bonchev–Trinajstić information content (AvgIpc) is 2.81. The first kappa shape index (κ1) is 13.8. The fraction of sp³-hybridized carbons (Fsp3) is 0.111. The van der Waals surface area contributed by atoms with Crippen LogP contribution in [0.15, 0.2) is 54.6 Å². The van der Waals surface area contributed by atoms with Crippen LogP contribution in [0.4, 0.5) is 0 Å². The van der Waals surface area contributed by atoms with Crippen LogP contribution in [0.1, 0.15) is 12.8 Å². The molecule has 2 aromatic carbocycles. The third-order valence-corrected chi connectivity index (χ3v) is 5.26. The van der Waals surface area contributed by atoms with Crippen LogP contribution in [0.5, 0.6) is 0 Å². The van der Waals surface area contributed by atoms with Crippen LogP contribution >= 0.6 is 45.2 Å². The first-order valence-corrected chi connectivity index (χ1v) is 9.16. The van der Waals surface area contributed by atoms with E-state index in [4.69, 9.17) is 0 Å². The van der Waals surface area contributed by atoms with Crippen molar-refractivity contribution < 1.29 is 0 Å². The zero-order valence-electron chi connectivity index (χ0n) is 11.3. The molecule has 21 heavy (non-hydrogen) atoms. The summed E-state index contributed by atoms with van der Waals surface area (Å²) in [6, 6.07) is 13.4. The van der Waals surface area contributed by atoms with Crippen molar-refractivity contribution >= 4 is 72.7 Å². The van der Waals surface area contributed by atoms with Gasteiger partial charge in [-0.05, 0) is 100 Å². The van der Waals surface area contributed by atoms with Crippen molar-refractivity contribution in [2.75, 3.05) is 0 Å². The summed E-state index contributed by atoms with van der Waals surface area (Å²) in [6.45, 7) is 0.